The van der Waals surface area contributed by atoms with Gasteiger partial charge in [-0.1, -0.05) is 39.0 Å². The lowest BCUT2D eigenvalue weighted by atomic mass is 10.1. The monoisotopic (exact) mass is 290 g/mol. The van der Waals surface area contributed by atoms with Gasteiger partial charge in [-0.15, -0.1) is 0 Å². The molecule has 0 spiro atoms. The van der Waals surface area contributed by atoms with Gasteiger partial charge in [-0.05, 0) is 6.42 Å². The quantitative estimate of drug-likeness (QED) is 0.428. The maximum absolute atomic E-state index is 11.5. The van der Waals surface area contributed by atoms with E-state index in [1.165, 1.54) is 19.3 Å². The van der Waals surface area contributed by atoms with Crippen molar-refractivity contribution in [3.05, 3.63) is 0 Å². The van der Waals surface area contributed by atoms with Crippen molar-refractivity contribution in [2.75, 3.05) is 6.61 Å². The molecule has 1 aliphatic heterocycles. The van der Waals surface area contributed by atoms with Crippen molar-refractivity contribution >= 4 is 5.97 Å². The third-order valence-corrected chi connectivity index (χ3v) is 3.48. The Morgan fingerprint density at radius 2 is 1.70 bits per heavy atom. The zero-order valence-electron chi connectivity index (χ0n) is 12.0. The number of carbonyl (C=O) groups is 1. The average Bonchev–Trinajstić information content (AvgIpc) is 2.68. The Kier molecular flexibility index (Phi) is 8.06. The molecule has 3 N–H and O–H groups in total. The minimum atomic E-state index is -1.42. The van der Waals surface area contributed by atoms with E-state index in [9.17, 15) is 20.1 Å². The van der Waals surface area contributed by atoms with Gasteiger partial charge in [0.25, 0.3) is 0 Å². The number of ether oxygens (including phenoxy) is 2. The first-order valence-electron chi connectivity index (χ1n) is 7.41. The van der Waals surface area contributed by atoms with Crippen molar-refractivity contribution in [3.63, 3.8) is 0 Å². The minimum absolute atomic E-state index is 0.149. The second-order valence-corrected chi connectivity index (χ2v) is 5.25. The van der Waals surface area contributed by atoms with Crippen molar-refractivity contribution in [1.29, 1.82) is 0 Å². The molecular weight excluding hydrogens is 264 g/mol. The number of rotatable bonds is 9. The van der Waals surface area contributed by atoms with Gasteiger partial charge in [0, 0.05) is 6.42 Å². The molecule has 0 bridgehead atoms. The fourth-order valence-electron chi connectivity index (χ4n) is 2.16. The molecule has 1 unspecified atom stereocenters. The summed E-state index contributed by atoms with van der Waals surface area (Å²) in [7, 11) is 0. The highest BCUT2D eigenvalue weighted by molar-refractivity contribution is 5.69. The van der Waals surface area contributed by atoms with Crippen LogP contribution in [0.4, 0.5) is 0 Å². The van der Waals surface area contributed by atoms with Crippen LogP contribution in [0.3, 0.4) is 0 Å². The maximum Gasteiger partial charge on any atom is 0.305 e. The molecule has 118 valence electrons. The normalized spacial score (nSPS) is 29.6. The van der Waals surface area contributed by atoms with Crippen LogP contribution in [0.25, 0.3) is 0 Å². The first-order chi connectivity index (χ1) is 9.56. The summed E-state index contributed by atoms with van der Waals surface area (Å²) in [5, 5.41) is 28.0. The number of aliphatic hydroxyl groups is 3. The van der Waals surface area contributed by atoms with Crippen LogP contribution in [0.1, 0.15) is 51.9 Å². The molecule has 0 aromatic rings. The molecule has 6 nitrogen and oxygen atoms in total. The Labute approximate surface area is 119 Å². The molecule has 0 amide bonds. The zero-order chi connectivity index (χ0) is 15.0. The Hall–Kier alpha value is -0.690. The second kappa shape index (κ2) is 9.28. The topological polar surface area (TPSA) is 96.2 Å². The van der Waals surface area contributed by atoms with E-state index < -0.39 is 24.6 Å². The number of hydrogen-bond acceptors (Lipinski definition) is 6. The van der Waals surface area contributed by atoms with E-state index in [0.29, 0.717) is 6.42 Å². The van der Waals surface area contributed by atoms with E-state index >= 15 is 0 Å². The Balaban J connectivity index is 2.06. The van der Waals surface area contributed by atoms with E-state index in [1.807, 2.05) is 0 Å². The molecule has 1 heterocycles. The second-order valence-electron chi connectivity index (χ2n) is 5.25. The molecule has 0 aliphatic carbocycles. The summed E-state index contributed by atoms with van der Waals surface area (Å²) < 4.78 is 9.86. The van der Waals surface area contributed by atoms with Gasteiger partial charge in [0.05, 0.1) is 0 Å². The molecular formula is C14H26O6. The number of unbranched alkanes of at least 4 members (excludes halogenated alkanes) is 5. The molecule has 1 rings (SSSR count). The van der Waals surface area contributed by atoms with Gasteiger partial charge < -0.3 is 24.8 Å². The van der Waals surface area contributed by atoms with Crippen molar-refractivity contribution in [2.24, 2.45) is 0 Å². The van der Waals surface area contributed by atoms with Gasteiger partial charge in [-0.25, -0.2) is 0 Å². The largest absolute Gasteiger partial charge is 0.463 e. The SMILES string of the molecule is CCCCCCCCC(=O)OC[C@H]1OC(O)[C@H](O)[C@@H]1O. The summed E-state index contributed by atoms with van der Waals surface area (Å²) in [5.74, 6) is -0.341. The Bertz CT molecular complexity index is 283. The van der Waals surface area contributed by atoms with Crippen molar-refractivity contribution in [2.45, 2.75) is 76.5 Å². The zero-order valence-corrected chi connectivity index (χ0v) is 12.0. The summed E-state index contributed by atoms with van der Waals surface area (Å²) in [6, 6.07) is 0. The molecule has 1 fully saturated rings. The summed E-state index contributed by atoms with van der Waals surface area (Å²) >= 11 is 0. The molecule has 1 aliphatic rings. The van der Waals surface area contributed by atoms with Crippen molar-refractivity contribution < 1.29 is 29.6 Å². The van der Waals surface area contributed by atoms with Crippen LogP contribution in [-0.2, 0) is 14.3 Å². The van der Waals surface area contributed by atoms with Gasteiger partial charge >= 0.3 is 5.97 Å². The summed E-state index contributed by atoms with van der Waals surface area (Å²) in [6.07, 6.45) is 2.03. The van der Waals surface area contributed by atoms with E-state index in [1.54, 1.807) is 0 Å². The van der Waals surface area contributed by atoms with Gasteiger partial charge in [0.2, 0.25) is 0 Å². The number of aliphatic hydroxyl groups excluding tert-OH is 3. The molecule has 1 saturated heterocycles. The molecule has 0 aromatic carbocycles. The maximum atomic E-state index is 11.5. The predicted molar refractivity (Wildman–Crippen MR) is 71.8 cm³/mol. The lowest BCUT2D eigenvalue weighted by Gasteiger charge is -2.14. The Morgan fingerprint density at radius 1 is 1.05 bits per heavy atom. The van der Waals surface area contributed by atoms with E-state index in [0.717, 1.165) is 19.3 Å². The molecule has 6 heteroatoms. The number of esters is 1. The molecule has 0 radical (unpaired) electrons. The van der Waals surface area contributed by atoms with Crippen LogP contribution in [0.2, 0.25) is 0 Å². The first kappa shape index (κ1) is 17.4. The fraction of sp³-hybridized carbons (Fsp3) is 0.929. The summed E-state index contributed by atoms with van der Waals surface area (Å²) in [5.41, 5.74) is 0. The van der Waals surface area contributed by atoms with Crippen molar-refractivity contribution in [1.82, 2.24) is 0 Å². The van der Waals surface area contributed by atoms with Gasteiger partial charge in [0.1, 0.15) is 24.9 Å². The Morgan fingerprint density at radius 3 is 2.30 bits per heavy atom. The highest BCUT2D eigenvalue weighted by atomic mass is 16.7. The molecule has 0 saturated carbocycles. The van der Waals surface area contributed by atoms with Gasteiger partial charge in [0.15, 0.2) is 6.29 Å². The van der Waals surface area contributed by atoms with Crippen LogP contribution in [-0.4, -0.2) is 52.5 Å². The lowest BCUT2D eigenvalue weighted by Crippen LogP contribution is -2.34. The van der Waals surface area contributed by atoms with Crippen molar-refractivity contribution in [3.8, 4) is 0 Å². The predicted octanol–water partition coefficient (Wildman–Crippen LogP) is 0.719. The lowest BCUT2D eigenvalue weighted by molar-refractivity contribution is -0.157. The number of hydrogen-bond donors (Lipinski definition) is 3. The third kappa shape index (κ3) is 5.75. The minimum Gasteiger partial charge on any atom is -0.463 e. The van der Waals surface area contributed by atoms with Crippen LogP contribution in [0.5, 0.6) is 0 Å². The molecule has 20 heavy (non-hydrogen) atoms. The fourth-order valence-corrected chi connectivity index (χ4v) is 2.16. The average molecular weight is 290 g/mol. The van der Waals surface area contributed by atoms with Crippen LogP contribution in [0, 0.1) is 0 Å². The van der Waals surface area contributed by atoms with Crippen LogP contribution in [0.15, 0.2) is 0 Å². The highest BCUT2D eigenvalue weighted by Crippen LogP contribution is 2.19. The van der Waals surface area contributed by atoms with E-state index in [4.69, 9.17) is 9.47 Å². The van der Waals surface area contributed by atoms with Gasteiger partial charge in [-0.3, -0.25) is 4.79 Å². The molecule has 0 aromatic heterocycles. The standard InChI is InChI=1S/C14H26O6/c1-2-3-4-5-6-7-8-11(15)19-9-10-12(16)13(17)14(18)20-10/h10,12-14,16-18H,2-9H2,1H3/t10-,12-,13-,14?/m1/s1. The third-order valence-electron chi connectivity index (χ3n) is 3.48. The van der Waals surface area contributed by atoms with Gasteiger partial charge in [-0.2, -0.15) is 0 Å². The van der Waals surface area contributed by atoms with Crippen LogP contribution >= 0.6 is 0 Å². The van der Waals surface area contributed by atoms with E-state index in [2.05, 4.69) is 6.92 Å². The number of carbonyl (C=O) groups excluding carboxylic acids is 1. The molecule has 4 atom stereocenters. The highest BCUT2D eigenvalue weighted by Gasteiger charge is 2.42. The summed E-state index contributed by atoms with van der Waals surface area (Å²) in [4.78, 5) is 11.5. The first-order valence-corrected chi connectivity index (χ1v) is 7.41. The van der Waals surface area contributed by atoms with E-state index in [-0.39, 0.29) is 12.6 Å². The van der Waals surface area contributed by atoms with Crippen LogP contribution < -0.4 is 0 Å². The smallest absolute Gasteiger partial charge is 0.305 e. The summed E-state index contributed by atoms with van der Waals surface area (Å²) in [6.45, 7) is 2.01.